The largest absolute Gasteiger partial charge is 0.378 e. The predicted molar refractivity (Wildman–Crippen MR) is 110 cm³/mol. The maximum Gasteiger partial charge on any atom is 0.129 e. The number of hydrogen-bond donors (Lipinski definition) is 0. The van der Waals surface area contributed by atoms with Crippen molar-refractivity contribution in [3.05, 3.63) is 35.8 Å². The summed E-state index contributed by atoms with van der Waals surface area (Å²) >= 11 is 0. The Morgan fingerprint density at radius 1 is 1.23 bits per heavy atom. The molecule has 3 heterocycles. The van der Waals surface area contributed by atoms with Crippen LogP contribution in [0.2, 0.25) is 0 Å². The van der Waals surface area contributed by atoms with Crippen LogP contribution in [0.15, 0.2) is 24.5 Å². The molecule has 1 saturated heterocycles. The van der Waals surface area contributed by atoms with Crippen LogP contribution in [0.3, 0.4) is 0 Å². The van der Waals surface area contributed by atoms with Crippen molar-refractivity contribution in [1.82, 2.24) is 20.0 Å². The Hall–Kier alpha value is -2.50. The summed E-state index contributed by atoms with van der Waals surface area (Å²) in [7, 11) is 1.67. The minimum atomic E-state index is 0.155. The number of fused-ring (bicyclic) bond motifs is 1. The fourth-order valence-electron chi connectivity index (χ4n) is 4.93. The van der Waals surface area contributed by atoms with Crippen LogP contribution in [-0.2, 0) is 16.1 Å². The number of hydrogen-bond acceptors (Lipinski definition) is 7. The van der Waals surface area contributed by atoms with E-state index < -0.39 is 0 Å². The molecule has 5 rings (SSSR count). The molecule has 0 aromatic carbocycles. The van der Waals surface area contributed by atoms with Crippen molar-refractivity contribution in [3.8, 4) is 6.07 Å². The second-order valence-electron chi connectivity index (χ2n) is 8.92. The molecule has 0 bridgehead atoms. The molecule has 30 heavy (non-hydrogen) atoms. The smallest absolute Gasteiger partial charge is 0.129 e. The standard InChI is InChI=1S/C22H28N6O2/c1-29-14-19-12-28(26-25-19)20-7-17-10-27(22-6-16(9-23)4-5-24-22)11-18(17)8-21(20)30-13-15-2-3-15/h4-6,12,15,17-18,20-21H,2-3,7-8,10-11,13-14H2,1H3/t17-,18+,20-,21-/m1/s1. The number of nitriles is 1. The molecule has 0 N–H and O–H groups in total. The van der Waals surface area contributed by atoms with Gasteiger partial charge in [-0.15, -0.1) is 5.10 Å². The molecule has 3 aliphatic rings. The molecule has 8 heteroatoms. The summed E-state index contributed by atoms with van der Waals surface area (Å²) in [5.41, 5.74) is 1.51. The van der Waals surface area contributed by atoms with Crippen molar-refractivity contribution in [2.75, 3.05) is 31.7 Å². The van der Waals surface area contributed by atoms with Crippen LogP contribution in [0.5, 0.6) is 0 Å². The van der Waals surface area contributed by atoms with Gasteiger partial charge in [0.1, 0.15) is 11.5 Å². The Balaban J connectivity index is 1.33. The summed E-state index contributed by atoms with van der Waals surface area (Å²) in [5.74, 6) is 2.76. The van der Waals surface area contributed by atoms with E-state index in [9.17, 15) is 5.26 Å². The summed E-state index contributed by atoms with van der Waals surface area (Å²) in [6, 6.07) is 6.07. The van der Waals surface area contributed by atoms with E-state index in [0.717, 1.165) is 50.0 Å². The van der Waals surface area contributed by atoms with Gasteiger partial charge in [0.15, 0.2) is 0 Å². The third-order valence-electron chi connectivity index (χ3n) is 6.72. The first kappa shape index (κ1) is 19.5. The number of pyridine rings is 1. The van der Waals surface area contributed by atoms with Crippen LogP contribution in [0.25, 0.3) is 0 Å². The van der Waals surface area contributed by atoms with Crippen LogP contribution in [0, 0.1) is 29.1 Å². The summed E-state index contributed by atoms with van der Waals surface area (Å²) in [5, 5.41) is 17.9. The number of ether oxygens (including phenoxy) is 2. The molecule has 2 aromatic rings. The molecular formula is C22H28N6O2. The Kier molecular flexibility index (Phi) is 5.40. The Labute approximate surface area is 176 Å². The van der Waals surface area contributed by atoms with Crippen molar-refractivity contribution < 1.29 is 9.47 Å². The number of aromatic nitrogens is 4. The number of nitrogens with zero attached hydrogens (tertiary/aromatic N) is 6. The summed E-state index contributed by atoms with van der Waals surface area (Å²) in [6.45, 7) is 3.25. The average molecular weight is 409 g/mol. The quantitative estimate of drug-likeness (QED) is 0.695. The van der Waals surface area contributed by atoms with Gasteiger partial charge in [0.2, 0.25) is 0 Å². The zero-order chi connectivity index (χ0) is 20.5. The molecule has 0 radical (unpaired) electrons. The second-order valence-corrected chi connectivity index (χ2v) is 8.92. The third kappa shape index (κ3) is 4.05. The van der Waals surface area contributed by atoms with Crippen LogP contribution >= 0.6 is 0 Å². The summed E-state index contributed by atoms with van der Waals surface area (Å²) in [4.78, 5) is 6.84. The van der Waals surface area contributed by atoms with E-state index in [-0.39, 0.29) is 12.1 Å². The number of rotatable bonds is 7. The predicted octanol–water partition coefficient (Wildman–Crippen LogP) is 2.57. The molecule has 0 unspecified atom stereocenters. The van der Waals surface area contributed by atoms with E-state index >= 15 is 0 Å². The van der Waals surface area contributed by atoms with Crippen LogP contribution in [0.1, 0.15) is 43.0 Å². The average Bonchev–Trinajstić information content (AvgIpc) is 3.32. The van der Waals surface area contributed by atoms with Gasteiger partial charge in [-0.3, -0.25) is 0 Å². The van der Waals surface area contributed by atoms with Gasteiger partial charge in [-0.25, -0.2) is 9.67 Å². The zero-order valence-corrected chi connectivity index (χ0v) is 17.4. The lowest BCUT2D eigenvalue weighted by Gasteiger charge is -2.37. The first-order chi connectivity index (χ1) is 14.7. The van der Waals surface area contributed by atoms with E-state index in [1.807, 2.05) is 16.9 Å². The lowest BCUT2D eigenvalue weighted by atomic mass is 9.77. The number of anilines is 1. The van der Waals surface area contributed by atoms with Crippen molar-refractivity contribution in [2.45, 2.75) is 44.4 Å². The number of methoxy groups -OCH3 is 1. The molecule has 3 fully saturated rings. The van der Waals surface area contributed by atoms with Gasteiger partial charge < -0.3 is 14.4 Å². The van der Waals surface area contributed by atoms with Gasteiger partial charge in [-0.05, 0) is 55.6 Å². The fourth-order valence-corrected chi connectivity index (χ4v) is 4.93. The zero-order valence-electron chi connectivity index (χ0n) is 17.4. The first-order valence-electron chi connectivity index (χ1n) is 10.9. The molecule has 158 valence electrons. The van der Waals surface area contributed by atoms with Gasteiger partial charge in [0, 0.05) is 33.0 Å². The highest BCUT2D eigenvalue weighted by atomic mass is 16.5. The summed E-state index contributed by atoms with van der Waals surface area (Å²) < 4.78 is 13.6. The Bertz CT molecular complexity index is 920. The van der Waals surface area contributed by atoms with Gasteiger partial charge in [-0.2, -0.15) is 5.26 Å². The SMILES string of the molecule is COCc1cn([C@@H]2C[C@@H]3CN(c4cc(C#N)ccn4)C[C@@H]3C[C@H]2OCC2CC2)nn1. The molecule has 2 saturated carbocycles. The molecule has 4 atom stereocenters. The minimum absolute atomic E-state index is 0.155. The summed E-state index contributed by atoms with van der Waals surface area (Å²) in [6.07, 6.45) is 8.51. The molecule has 0 spiro atoms. The minimum Gasteiger partial charge on any atom is -0.378 e. The first-order valence-corrected chi connectivity index (χ1v) is 10.9. The monoisotopic (exact) mass is 408 g/mol. The van der Waals surface area contributed by atoms with Gasteiger partial charge in [-0.1, -0.05) is 5.21 Å². The molecule has 8 nitrogen and oxygen atoms in total. The van der Waals surface area contributed by atoms with Crippen molar-refractivity contribution in [2.24, 2.45) is 17.8 Å². The highest BCUT2D eigenvalue weighted by Crippen LogP contribution is 2.44. The maximum absolute atomic E-state index is 9.22. The van der Waals surface area contributed by atoms with Crippen molar-refractivity contribution >= 4 is 5.82 Å². The van der Waals surface area contributed by atoms with Crippen molar-refractivity contribution in [3.63, 3.8) is 0 Å². The van der Waals surface area contributed by atoms with Gasteiger partial charge in [0.05, 0.1) is 36.6 Å². The highest BCUT2D eigenvalue weighted by molar-refractivity contribution is 5.46. The molecular weight excluding hydrogens is 380 g/mol. The van der Waals surface area contributed by atoms with E-state index in [2.05, 4.69) is 26.3 Å². The van der Waals surface area contributed by atoms with E-state index in [1.54, 1.807) is 19.4 Å². The highest BCUT2D eigenvalue weighted by Gasteiger charge is 2.44. The van der Waals surface area contributed by atoms with E-state index in [1.165, 1.54) is 12.8 Å². The molecule has 1 aliphatic heterocycles. The van der Waals surface area contributed by atoms with Crippen LogP contribution in [-0.4, -0.2) is 52.9 Å². The fraction of sp³-hybridized carbons (Fsp3) is 0.636. The van der Waals surface area contributed by atoms with E-state index in [4.69, 9.17) is 9.47 Å². The van der Waals surface area contributed by atoms with Gasteiger partial charge >= 0.3 is 0 Å². The lowest BCUT2D eigenvalue weighted by Crippen LogP contribution is -2.38. The Morgan fingerprint density at radius 2 is 2.07 bits per heavy atom. The molecule has 2 aromatic heterocycles. The van der Waals surface area contributed by atoms with E-state index in [0.29, 0.717) is 24.0 Å². The van der Waals surface area contributed by atoms with Crippen LogP contribution in [0.4, 0.5) is 5.82 Å². The normalized spacial score (nSPS) is 28.3. The molecule has 0 amide bonds. The molecule has 2 aliphatic carbocycles. The second kappa shape index (κ2) is 8.32. The third-order valence-corrected chi connectivity index (χ3v) is 6.72. The lowest BCUT2D eigenvalue weighted by molar-refractivity contribution is -0.0375. The topological polar surface area (TPSA) is 89.1 Å². The maximum atomic E-state index is 9.22. The van der Waals surface area contributed by atoms with Crippen LogP contribution < -0.4 is 4.90 Å². The van der Waals surface area contributed by atoms with Crippen molar-refractivity contribution in [1.29, 1.82) is 5.26 Å². The van der Waals surface area contributed by atoms with Gasteiger partial charge in [0.25, 0.3) is 0 Å². The Morgan fingerprint density at radius 3 is 2.83 bits per heavy atom.